The second-order valence-corrected chi connectivity index (χ2v) is 10.0. The third kappa shape index (κ3) is 5.63. The molecule has 1 atom stereocenters. The molecule has 2 saturated heterocycles. The maximum Gasteiger partial charge on any atom is 0.244 e. The van der Waals surface area contributed by atoms with Gasteiger partial charge < -0.3 is 14.7 Å². The summed E-state index contributed by atoms with van der Waals surface area (Å²) in [6, 6.07) is 6.21. The Hall–Kier alpha value is -2.81. The normalized spacial score (nSPS) is 20.3. The van der Waals surface area contributed by atoms with Gasteiger partial charge >= 0.3 is 0 Å². The molecule has 0 saturated carbocycles. The third-order valence-corrected chi connectivity index (χ3v) is 7.06. The Morgan fingerprint density at radius 1 is 1.24 bits per heavy atom. The van der Waals surface area contributed by atoms with E-state index in [4.69, 9.17) is 4.52 Å². The molecule has 1 aromatic heterocycles. The molecule has 0 radical (unpaired) electrons. The molecule has 1 unspecified atom stereocenters. The van der Waals surface area contributed by atoms with E-state index in [0.717, 1.165) is 44.5 Å². The van der Waals surface area contributed by atoms with Crippen molar-refractivity contribution in [3.05, 3.63) is 47.4 Å². The summed E-state index contributed by atoms with van der Waals surface area (Å²) < 4.78 is 18.6. The van der Waals surface area contributed by atoms with Crippen LogP contribution in [0.3, 0.4) is 0 Å². The van der Waals surface area contributed by atoms with E-state index in [2.05, 4.69) is 20.4 Å². The summed E-state index contributed by atoms with van der Waals surface area (Å²) in [6.45, 7) is 8.63. The smallest absolute Gasteiger partial charge is 0.244 e. The number of halogens is 1. The monoisotopic (exact) mass is 471 g/mol. The lowest BCUT2D eigenvalue weighted by molar-refractivity contribution is -0.136. The van der Waals surface area contributed by atoms with Gasteiger partial charge in [0.2, 0.25) is 17.7 Å². The topological polar surface area (TPSA) is 91.6 Å². The summed E-state index contributed by atoms with van der Waals surface area (Å²) in [5.74, 6) is 1.01. The molecular weight excluding hydrogens is 437 g/mol. The van der Waals surface area contributed by atoms with Gasteiger partial charge in [-0.15, -0.1) is 0 Å². The van der Waals surface area contributed by atoms with Crippen LogP contribution in [0.5, 0.6) is 0 Å². The Bertz CT molecular complexity index is 998. The molecule has 8 nitrogen and oxygen atoms in total. The highest BCUT2D eigenvalue weighted by atomic mass is 19.1. The first-order valence-electron chi connectivity index (χ1n) is 12.1. The molecule has 1 N–H and O–H groups in total. The molecule has 1 spiro atoms. The van der Waals surface area contributed by atoms with Crippen LogP contribution in [0.15, 0.2) is 28.8 Å². The summed E-state index contributed by atoms with van der Waals surface area (Å²) in [6.07, 6.45) is 3.28. The quantitative estimate of drug-likeness (QED) is 0.668. The highest BCUT2D eigenvalue weighted by Gasteiger charge is 2.48. The van der Waals surface area contributed by atoms with E-state index in [1.165, 1.54) is 12.1 Å². The zero-order chi connectivity index (χ0) is 24.3. The number of hydrogen-bond acceptors (Lipinski definition) is 6. The average Bonchev–Trinajstić information content (AvgIpc) is 3.38. The van der Waals surface area contributed by atoms with Crippen LogP contribution in [0.25, 0.3) is 0 Å². The van der Waals surface area contributed by atoms with Crippen LogP contribution in [0.4, 0.5) is 4.39 Å². The molecule has 9 heteroatoms. The Balaban J connectivity index is 1.37. The van der Waals surface area contributed by atoms with Crippen molar-refractivity contribution in [3.63, 3.8) is 0 Å². The van der Waals surface area contributed by atoms with E-state index in [-0.39, 0.29) is 41.6 Å². The van der Waals surface area contributed by atoms with E-state index in [1.807, 2.05) is 18.7 Å². The lowest BCUT2D eigenvalue weighted by atomic mass is 9.76. The Kier molecular flexibility index (Phi) is 7.30. The largest absolute Gasteiger partial charge is 0.355 e. The van der Waals surface area contributed by atoms with Gasteiger partial charge in [0.15, 0.2) is 5.82 Å². The fourth-order valence-corrected chi connectivity index (χ4v) is 5.17. The second-order valence-electron chi connectivity index (χ2n) is 10.0. The van der Waals surface area contributed by atoms with Crippen LogP contribution in [-0.2, 0) is 16.0 Å². The van der Waals surface area contributed by atoms with Crippen LogP contribution in [-0.4, -0.2) is 64.5 Å². The van der Waals surface area contributed by atoms with Crippen molar-refractivity contribution < 1.29 is 18.5 Å². The molecule has 2 aliphatic rings. The Morgan fingerprint density at radius 2 is 1.94 bits per heavy atom. The number of aromatic nitrogens is 2. The predicted octanol–water partition coefficient (Wildman–Crippen LogP) is 2.89. The van der Waals surface area contributed by atoms with E-state index >= 15 is 0 Å². The number of aryl methyl sites for hydroxylation is 1. The molecule has 1 aromatic carbocycles. The number of hydrogen-bond donors (Lipinski definition) is 1. The fourth-order valence-electron chi connectivity index (χ4n) is 5.17. The van der Waals surface area contributed by atoms with Crippen molar-refractivity contribution in [3.8, 4) is 0 Å². The summed E-state index contributed by atoms with van der Waals surface area (Å²) in [4.78, 5) is 33.8. The zero-order valence-corrected chi connectivity index (χ0v) is 20.2. The zero-order valence-electron chi connectivity index (χ0n) is 20.2. The predicted molar refractivity (Wildman–Crippen MR) is 124 cm³/mol. The first-order valence-corrected chi connectivity index (χ1v) is 12.1. The Labute approximate surface area is 199 Å². The molecule has 3 heterocycles. The van der Waals surface area contributed by atoms with Crippen LogP contribution in [0.1, 0.15) is 56.4 Å². The van der Waals surface area contributed by atoms with E-state index in [1.54, 1.807) is 19.1 Å². The molecule has 2 amide bonds. The van der Waals surface area contributed by atoms with Gasteiger partial charge in [-0.2, -0.15) is 4.98 Å². The van der Waals surface area contributed by atoms with Gasteiger partial charge in [-0.05, 0) is 55.7 Å². The number of rotatable bonds is 7. The van der Waals surface area contributed by atoms with Crippen molar-refractivity contribution in [2.75, 3.05) is 32.7 Å². The van der Waals surface area contributed by atoms with Crippen molar-refractivity contribution in [2.45, 2.75) is 52.5 Å². The number of likely N-dealkylation sites (tertiary alicyclic amines) is 2. The summed E-state index contributed by atoms with van der Waals surface area (Å²) >= 11 is 0. The second kappa shape index (κ2) is 10.2. The number of carbonyl (C=O) groups excluding carboxylic acids is 2. The van der Waals surface area contributed by atoms with Crippen LogP contribution >= 0.6 is 0 Å². The number of nitrogens with one attached hydrogen (secondary N) is 1. The highest BCUT2D eigenvalue weighted by molar-refractivity contribution is 5.78. The van der Waals surface area contributed by atoms with Gasteiger partial charge in [-0.1, -0.05) is 31.1 Å². The van der Waals surface area contributed by atoms with Crippen molar-refractivity contribution in [2.24, 2.45) is 11.3 Å². The number of nitrogens with zero attached hydrogens (tertiary/aromatic N) is 4. The van der Waals surface area contributed by atoms with Crippen LogP contribution < -0.4 is 5.32 Å². The van der Waals surface area contributed by atoms with Gasteiger partial charge in [0.1, 0.15) is 5.82 Å². The number of amides is 2. The molecule has 0 bridgehead atoms. The van der Waals surface area contributed by atoms with Crippen LogP contribution in [0.2, 0.25) is 0 Å². The summed E-state index contributed by atoms with van der Waals surface area (Å²) in [5.41, 5.74) is 0.999. The average molecular weight is 472 g/mol. The number of piperidine rings is 1. The maximum atomic E-state index is 13.1. The van der Waals surface area contributed by atoms with Crippen molar-refractivity contribution in [1.82, 2.24) is 25.3 Å². The first kappa shape index (κ1) is 24.3. The van der Waals surface area contributed by atoms with E-state index in [9.17, 15) is 14.0 Å². The summed E-state index contributed by atoms with van der Waals surface area (Å²) in [7, 11) is 0. The van der Waals surface area contributed by atoms with E-state index in [0.29, 0.717) is 24.7 Å². The minimum absolute atomic E-state index is 0.00171. The van der Waals surface area contributed by atoms with Crippen molar-refractivity contribution in [1.29, 1.82) is 0 Å². The molecule has 0 aliphatic carbocycles. The molecule has 4 rings (SSSR count). The minimum Gasteiger partial charge on any atom is -0.355 e. The van der Waals surface area contributed by atoms with E-state index < -0.39 is 0 Å². The maximum absolute atomic E-state index is 13.1. The van der Waals surface area contributed by atoms with Gasteiger partial charge in [0.25, 0.3) is 0 Å². The molecule has 184 valence electrons. The first-order chi connectivity index (χ1) is 16.2. The lowest BCUT2D eigenvalue weighted by Gasteiger charge is -2.40. The van der Waals surface area contributed by atoms with Crippen molar-refractivity contribution >= 4 is 11.8 Å². The lowest BCUT2D eigenvalue weighted by Crippen LogP contribution is -2.46. The standard InChI is InChI=1S/C25H34FN5O3/c1-17(2)24(33)30-12-9-25(10-13-30)14-21(23-28-18(3)29-34-23)31(16-25)15-22(32)27-11-8-19-4-6-20(26)7-5-19/h4-7,17,21H,8-16H2,1-3H3,(H,27,32). The van der Waals surface area contributed by atoms with Gasteiger partial charge in [-0.3, -0.25) is 14.5 Å². The van der Waals surface area contributed by atoms with Gasteiger partial charge in [0.05, 0.1) is 12.6 Å². The minimum atomic E-state index is -0.266. The fraction of sp³-hybridized carbons (Fsp3) is 0.600. The Morgan fingerprint density at radius 3 is 2.56 bits per heavy atom. The highest BCUT2D eigenvalue weighted by Crippen LogP contribution is 2.48. The molecule has 2 aliphatic heterocycles. The summed E-state index contributed by atoms with van der Waals surface area (Å²) in [5, 5.41) is 6.94. The van der Waals surface area contributed by atoms with Crippen LogP contribution in [0, 0.1) is 24.1 Å². The third-order valence-electron chi connectivity index (χ3n) is 7.06. The van der Waals surface area contributed by atoms with Gasteiger partial charge in [0, 0.05) is 32.1 Å². The molecule has 34 heavy (non-hydrogen) atoms. The number of carbonyl (C=O) groups is 2. The number of benzene rings is 1. The SMILES string of the molecule is Cc1noc(C2CC3(CCN(C(=O)C(C)C)CC3)CN2CC(=O)NCCc2ccc(F)cc2)n1. The van der Waals surface area contributed by atoms with Gasteiger partial charge in [-0.25, -0.2) is 4.39 Å². The molecule has 2 aromatic rings. The molecule has 2 fully saturated rings. The molecular formula is C25H34FN5O3.